The zero-order valence-electron chi connectivity index (χ0n) is 8.97. The van der Waals surface area contributed by atoms with Crippen molar-refractivity contribution in [1.82, 2.24) is 0 Å². The van der Waals surface area contributed by atoms with Crippen LogP contribution >= 0.6 is 0 Å². The van der Waals surface area contributed by atoms with Crippen molar-refractivity contribution in [2.24, 2.45) is 34.5 Å². The smallest absolute Gasteiger partial charge is 0.0145 e. The predicted molar refractivity (Wildman–Crippen MR) is 55.8 cm³/mol. The molecule has 2 spiro atoms. The number of hydrogen-bond acceptors (Lipinski definition) is 0. The Balaban J connectivity index is 1.75. The molecule has 0 bridgehead atoms. The third-order valence-corrected chi connectivity index (χ3v) is 7.36. The first-order chi connectivity index (χ1) is 6.89. The maximum atomic E-state index is 1.65. The van der Waals surface area contributed by atoms with E-state index >= 15 is 0 Å². The minimum Gasteiger partial charge on any atom is -0.0499 e. The van der Waals surface area contributed by atoms with E-state index in [0.29, 0.717) is 0 Å². The normalized spacial score (nSPS) is 72.0. The Labute approximate surface area is 86.5 Å². The molecule has 0 saturated heterocycles. The molecule has 0 aromatic carbocycles. The lowest BCUT2D eigenvalue weighted by Crippen LogP contribution is -2.28. The minimum absolute atomic E-state index is 0.958. The van der Waals surface area contributed by atoms with Crippen LogP contribution in [0.2, 0.25) is 0 Å². The van der Waals surface area contributed by atoms with Gasteiger partial charge >= 0.3 is 0 Å². The fraction of sp³-hybridized carbons (Fsp3) is 1.00. The van der Waals surface area contributed by atoms with Gasteiger partial charge in [-0.1, -0.05) is 0 Å². The summed E-state index contributed by atoms with van der Waals surface area (Å²) in [6.07, 6.45) is 13.0. The first kappa shape index (κ1) is 7.30. The molecule has 6 unspecified atom stereocenters. The Morgan fingerprint density at radius 3 is 2.36 bits per heavy atom. The second-order valence-electron chi connectivity index (χ2n) is 6.95. The summed E-state index contributed by atoms with van der Waals surface area (Å²) in [5.74, 6) is 4.87. The highest BCUT2D eigenvalue weighted by atomic mass is 14.9. The van der Waals surface area contributed by atoms with E-state index in [4.69, 9.17) is 0 Å². The highest BCUT2D eigenvalue weighted by molar-refractivity contribution is 5.35. The van der Waals surface area contributed by atoms with Crippen LogP contribution in [-0.4, -0.2) is 0 Å². The van der Waals surface area contributed by atoms with Crippen molar-refractivity contribution in [2.75, 3.05) is 0 Å². The van der Waals surface area contributed by atoms with E-state index in [1.165, 1.54) is 23.7 Å². The molecular weight excluding hydrogens is 168 g/mol. The molecule has 76 valence electrons. The maximum Gasteiger partial charge on any atom is -0.0145 e. The Morgan fingerprint density at radius 1 is 0.714 bits per heavy atom. The average molecular weight is 188 g/mol. The van der Waals surface area contributed by atoms with Gasteiger partial charge in [-0.25, -0.2) is 0 Å². The zero-order valence-corrected chi connectivity index (χ0v) is 8.97. The quantitative estimate of drug-likeness (QED) is 0.544. The molecule has 14 heavy (non-hydrogen) atoms. The van der Waals surface area contributed by atoms with Crippen molar-refractivity contribution >= 4 is 0 Å². The summed E-state index contributed by atoms with van der Waals surface area (Å²) in [6, 6.07) is 0. The minimum atomic E-state index is 0.958. The van der Waals surface area contributed by atoms with Crippen molar-refractivity contribution in [3.63, 3.8) is 0 Å². The standard InChI is InChI=1S/C14H20/c1-2-10-3-4-11-6-8-13-7-5-9(1)12(13)14(10,11)13/h9-12H,1-8H2. The Morgan fingerprint density at radius 2 is 1.43 bits per heavy atom. The van der Waals surface area contributed by atoms with Crippen LogP contribution in [0.3, 0.4) is 0 Å². The molecule has 5 saturated carbocycles. The maximum absolute atomic E-state index is 1.65. The topological polar surface area (TPSA) is 0 Å². The van der Waals surface area contributed by atoms with Crippen molar-refractivity contribution in [3.05, 3.63) is 0 Å². The van der Waals surface area contributed by atoms with Gasteiger partial charge in [0.1, 0.15) is 0 Å². The van der Waals surface area contributed by atoms with Crippen LogP contribution < -0.4 is 0 Å². The molecule has 0 aliphatic heterocycles. The molecule has 5 rings (SSSR count). The zero-order chi connectivity index (χ0) is 8.97. The molecule has 0 aromatic rings. The fourth-order valence-corrected chi connectivity index (χ4v) is 7.46. The predicted octanol–water partition coefficient (Wildman–Crippen LogP) is 3.61. The van der Waals surface area contributed by atoms with Crippen LogP contribution in [-0.2, 0) is 0 Å². The largest absolute Gasteiger partial charge is 0.0499 e. The van der Waals surface area contributed by atoms with Gasteiger partial charge in [0, 0.05) is 0 Å². The van der Waals surface area contributed by atoms with E-state index < -0.39 is 0 Å². The van der Waals surface area contributed by atoms with E-state index in [0.717, 1.165) is 10.8 Å². The first-order valence-electron chi connectivity index (χ1n) is 6.89. The lowest BCUT2D eigenvalue weighted by atomic mass is 9.70. The number of rotatable bonds is 0. The van der Waals surface area contributed by atoms with Crippen LogP contribution in [0.4, 0.5) is 0 Å². The lowest BCUT2D eigenvalue weighted by molar-refractivity contribution is 0.136. The summed E-state index contributed by atoms with van der Waals surface area (Å²) >= 11 is 0. The van der Waals surface area contributed by atoms with Gasteiger partial charge in [0.2, 0.25) is 0 Å². The molecule has 0 heteroatoms. The van der Waals surface area contributed by atoms with E-state index in [-0.39, 0.29) is 0 Å². The molecule has 5 aliphatic carbocycles. The van der Waals surface area contributed by atoms with Crippen LogP contribution in [0.5, 0.6) is 0 Å². The van der Waals surface area contributed by atoms with Gasteiger partial charge in [-0.05, 0) is 85.9 Å². The summed E-state index contributed by atoms with van der Waals surface area (Å²) in [6.45, 7) is 0. The third-order valence-electron chi connectivity index (χ3n) is 7.36. The van der Waals surface area contributed by atoms with E-state index in [2.05, 4.69) is 0 Å². The molecule has 0 aromatic heterocycles. The fourth-order valence-electron chi connectivity index (χ4n) is 7.46. The van der Waals surface area contributed by atoms with Crippen molar-refractivity contribution in [2.45, 2.75) is 51.4 Å². The van der Waals surface area contributed by atoms with Gasteiger partial charge in [0.25, 0.3) is 0 Å². The first-order valence-corrected chi connectivity index (χ1v) is 6.89. The molecule has 0 radical (unpaired) electrons. The Hall–Kier alpha value is 0. The molecule has 0 heterocycles. The summed E-state index contributed by atoms with van der Waals surface area (Å²) in [5.41, 5.74) is 1.94. The monoisotopic (exact) mass is 188 g/mol. The van der Waals surface area contributed by atoms with Gasteiger partial charge in [0.15, 0.2) is 0 Å². The van der Waals surface area contributed by atoms with Crippen LogP contribution in [0.15, 0.2) is 0 Å². The summed E-state index contributed by atoms with van der Waals surface area (Å²) < 4.78 is 0. The second kappa shape index (κ2) is 1.83. The van der Waals surface area contributed by atoms with Crippen molar-refractivity contribution in [1.29, 1.82) is 0 Å². The van der Waals surface area contributed by atoms with E-state index in [9.17, 15) is 0 Å². The summed E-state index contributed by atoms with van der Waals surface area (Å²) in [5, 5.41) is 0. The van der Waals surface area contributed by atoms with Crippen molar-refractivity contribution in [3.8, 4) is 0 Å². The van der Waals surface area contributed by atoms with Crippen LogP contribution in [0.25, 0.3) is 0 Å². The number of hydrogen-bond donors (Lipinski definition) is 0. The van der Waals surface area contributed by atoms with E-state index in [1.807, 2.05) is 0 Å². The SMILES string of the molecule is C1CC2CCC3CCC45CCC1C4C235. The summed E-state index contributed by atoms with van der Waals surface area (Å²) in [7, 11) is 0. The molecule has 0 amide bonds. The van der Waals surface area contributed by atoms with Gasteiger partial charge in [-0.2, -0.15) is 0 Å². The molecule has 0 nitrogen and oxygen atoms in total. The van der Waals surface area contributed by atoms with Gasteiger partial charge in [-0.3, -0.25) is 0 Å². The van der Waals surface area contributed by atoms with Gasteiger partial charge < -0.3 is 0 Å². The molecular formula is C14H20. The van der Waals surface area contributed by atoms with Crippen LogP contribution in [0, 0.1) is 34.5 Å². The molecule has 5 aliphatic rings. The summed E-state index contributed by atoms with van der Waals surface area (Å²) in [4.78, 5) is 0. The Bertz CT molecular complexity index is 314. The van der Waals surface area contributed by atoms with E-state index in [1.54, 1.807) is 51.4 Å². The Kier molecular flexibility index (Phi) is 0.954. The van der Waals surface area contributed by atoms with Crippen LogP contribution in [0.1, 0.15) is 51.4 Å². The molecule has 6 atom stereocenters. The molecule has 0 N–H and O–H groups in total. The average Bonchev–Trinajstić information content (AvgIpc) is 2.57. The lowest BCUT2D eigenvalue weighted by Gasteiger charge is -2.35. The molecule has 5 fully saturated rings. The van der Waals surface area contributed by atoms with Gasteiger partial charge in [0.05, 0.1) is 0 Å². The highest BCUT2D eigenvalue weighted by Gasteiger charge is 2.87. The second-order valence-corrected chi connectivity index (χ2v) is 6.95. The third kappa shape index (κ3) is 0.447. The van der Waals surface area contributed by atoms with Crippen molar-refractivity contribution < 1.29 is 0 Å². The highest BCUT2D eigenvalue weighted by Crippen LogP contribution is 2.93. The van der Waals surface area contributed by atoms with Gasteiger partial charge in [-0.15, -0.1) is 0 Å².